The van der Waals surface area contributed by atoms with E-state index >= 15 is 0 Å². The molecule has 0 aliphatic carbocycles. The van der Waals surface area contributed by atoms with Crippen molar-refractivity contribution in [2.75, 3.05) is 18.8 Å². The molecule has 5 nitrogen and oxygen atoms in total. The maximum atomic E-state index is 12.7. The summed E-state index contributed by atoms with van der Waals surface area (Å²) in [5.74, 6) is 0.500. The molecule has 7 heteroatoms. The quantitative estimate of drug-likeness (QED) is 0.469. The summed E-state index contributed by atoms with van der Waals surface area (Å²) in [7, 11) is 0. The van der Waals surface area contributed by atoms with Gasteiger partial charge in [-0.1, -0.05) is 41.6 Å². The van der Waals surface area contributed by atoms with E-state index in [1.165, 1.54) is 17.3 Å². The normalized spacial score (nSPS) is 19.9. The number of thiophene rings is 1. The van der Waals surface area contributed by atoms with Crippen LogP contribution >= 0.6 is 23.1 Å². The zero-order valence-electron chi connectivity index (χ0n) is 16.2. The summed E-state index contributed by atoms with van der Waals surface area (Å²) in [6, 6.07) is 8.47. The van der Waals surface area contributed by atoms with Gasteiger partial charge < -0.3 is 9.64 Å². The second-order valence-corrected chi connectivity index (χ2v) is 9.04. The van der Waals surface area contributed by atoms with Gasteiger partial charge in [0, 0.05) is 24.0 Å². The van der Waals surface area contributed by atoms with Crippen LogP contribution in [-0.2, 0) is 9.53 Å². The minimum Gasteiger partial charge on any atom is -0.372 e. The number of hydrogen-bond donors (Lipinski definition) is 0. The number of rotatable bonds is 4. The first kappa shape index (κ1) is 19.4. The van der Waals surface area contributed by atoms with Gasteiger partial charge in [0.2, 0.25) is 5.91 Å². The lowest BCUT2D eigenvalue weighted by molar-refractivity contribution is -0.140. The first-order valence-corrected chi connectivity index (χ1v) is 11.2. The largest absolute Gasteiger partial charge is 0.372 e. The molecule has 1 aliphatic rings. The summed E-state index contributed by atoms with van der Waals surface area (Å²) >= 11 is 3.11. The molecule has 0 N–H and O–H groups in total. The average molecular weight is 414 g/mol. The number of carbonyl (C=O) groups is 1. The monoisotopic (exact) mass is 413 g/mol. The number of amides is 1. The Bertz CT molecular complexity index is 977. The Morgan fingerprint density at radius 2 is 1.93 bits per heavy atom. The SMILES string of the molecule is Cc1ccc(-c2csc3ncnc(SCC(=O)N4C[C@H](C)O[C@@H](C)C4)c23)cc1. The first-order valence-electron chi connectivity index (χ1n) is 9.36. The highest BCUT2D eigenvalue weighted by molar-refractivity contribution is 8.00. The van der Waals surface area contributed by atoms with Gasteiger partial charge >= 0.3 is 0 Å². The lowest BCUT2D eigenvalue weighted by atomic mass is 10.1. The molecule has 1 fully saturated rings. The molecule has 3 aromatic rings. The molecule has 1 aliphatic heterocycles. The highest BCUT2D eigenvalue weighted by Crippen LogP contribution is 2.38. The zero-order valence-corrected chi connectivity index (χ0v) is 17.8. The van der Waals surface area contributed by atoms with Crippen molar-refractivity contribution in [2.24, 2.45) is 0 Å². The van der Waals surface area contributed by atoms with E-state index in [1.807, 2.05) is 18.7 Å². The predicted octanol–water partition coefficient (Wildman–Crippen LogP) is 4.39. The summed E-state index contributed by atoms with van der Waals surface area (Å²) in [4.78, 5) is 24.5. The van der Waals surface area contributed by atoms with Crippen LogP contribution in [0.3, 0.4) is 0 Å². The van der Waals surface area contributed by atoms with Crippen LogP contribution in [0.1, 0.15) is 19.4 Å². The van der Waals surface area contributed by atoms with E-state index in [1.54, 1.807) is 17.7 Å². The van der Waals surface area contributed by atoms with Crippen LogP contribution in [0.5, 0.6) is 0 Å². The Kier molecular flexibility index (Phi) is 5.66. The lowest BCUT2D eigenvalue weighted by Gasteiger charge is -2.35. The minimum atomic E-state index is 0.0773. The van der Waals surface area contributed by atoms with Crippen LogP contribution < -0.4 is 0 Å². The van der Waals surface area contributed by atoms with Gasteiger partial charge in [-0.25, -0.2) is 9.97 Å². The van der Waals surface area contributed by atoms with Gasteiger partial charge in [-0.15, -0.1) is 11.3 Å². The molecule has 2 atom stereocenters. The number of thioether (sulfide) groups is 1. The van der Waals surface area contributed by atoms with Crippen LogP contribution in [0.4, 0.5) is 0 Å². The zero-order chi connectivity index (χ0) is 19.7. The van der Waals surface area contributed by atoms with Crippen LogP contribution in [-0.4, -0.2) is 51.8 Å². The summed E-state index contributed by atoms with van der Waals surface area (Å²) in [5, 5.41) is 4.03. The Balaban J connectivity index is 1.56. The maximum absolute atomic E-state index is 12.7. The van der Waals surface area contributed by atoms with Crippen molar-refractivity contribution in [1.82, 2.24) is 14.9 Å². The van der Waals surface area contributed by atoms with E-state index in [2.05, 4.69) is 46.5 Å². The van der Waals surface area contributed by atoms with Gasteiger partial charge in [0.25, 0.3) is 0 Å². The number of fused-ring (bicyclic) bond motifs is 1. The van der Waals surface area contributed by atoms with Gasteiger partial charge in [-0.3, -0.25) is 4.79 Å². The van der Waals surface area contributed by atoms with E-state index in [-0.39, 0.29) is 18.1 Å². The second kappa shape index (κ2) is 8.19. The molecule has 0 unspecified atom stereocenters. The fourth-order valence-electron chi connectivity index (χ4n) is 3.51. The van der Waals surface area contributed by atoms with Crippen LogP contribution in [0.15, 0.2) is 41.0 Å². The third-order valence-corrected chi connectivity index (χ3v) is 6.66. The van der Waals surface area contributed by atoms with E-state index < -0.39 is 0 Å². The van der Waals surface area contributed by atoms with Crippen LogP contribution in [0.2, 0.25) is 0 Å². The molecular weight excluding hydrogens is 390 g/mol. The van der Waals surface area contributed by atoms with Crippen molar-refractivity contribution in [3.63, 3.8) is 0 Å². The predicted molar refractivity (Wildman–Crippen MR) is 115 cm³/mol. The highest BCUT2D eigenvalue weighted by atomic mass is 32.2. The number of aromatic nitrogens is 2. The summed E-state index contributed by atoms with van der Waals surface area (Å²) in [5.41, 5.74) is 3.51. The van der Waals surface area contributed by atoms with Gasteiger partial charge in [0.1, 0.15) is 16.2 Å². The van der Waals surface area contributed by atoms with Crippen molar-refractivity contribution in [3.8, 4) is 11.1 Å². The third-order valence-electron chi connectivity index (χ3n) is 4.80. The standard InChI is InChI=1S/C21H23N3O2S2/c1-13-4-6-16(7-5-13)17-10-27-20-19(17)21(23-12-22-20)28-11-18(25)24-8-14(2)26-15(3)9-24/h4-7,10,12,14-15H,8-9,11H2,1-3H3/t14-,15-/m0/s1. The molecule has 1 saturated heterocycles. The van der Waals surface area contributed by atoms with Crippen LogP contribution in [0.25, 0.3) is 21.3 Å². The average Bonchev–Trinajstić information content (AvgIpc) is 3.10. The molecule has 1 amide bonds. The Morgan fingerprint density at radius 1 is 1.21 bits per heavy atom. The summed E-state index contributed by atoms with van der Waals surface area (Å²) in [6.07, 6.45) is 1.74. The maximum Gasteiger partial charge on any atom is 0.233 e. The Hall–Kier alpha value is -1.96. The van der Waals surface area contributed by atoms with E-state index in [4.69, 9.17) is 4.74 Å². The number of ether oxygens (including phenoxy) is 1. The number of nitrogens with zero attached hydrogens (tertiary/aromatic N) is 3. The number of aryl methyl sites for hydroxylation is 1. The molecular formula is C21H23N3O2S2. The Labute approximate surface area is 173 Å². The van der Waals surface area contributed by atoms with E-state index in [0.717, 1.165) is 26.4 Å². The molecule has 4 rings (SSSR count). The van der Waals surface area contributed by atoms with Crippen molar-refractivity contribution in [3.05, 3.63) is 41.5 Å². The van der Waals surface area contributed by atoms with Gasteiger partial charge in [0.05, 0.1) is 23.3 Å². The molecule has 0 radical (unpaired) electrons. The van der Waals surface area contributed by atoms with Gasteiger partial charge in [-0.05, 0) is 26.3 Å². The number of benzene rings is 1. The van der Waals surface area contributed by atoms with Crippen molar-refractivity contribution < 1.29 is 9.53 Å². The molecule has 146 valence electrons. The third kappa shape index (κ3) is 4.06. The number of morpholine rings is 1. The van der Waals surface area contributed by atoms with E-state index in [0.29, 0.717) is 18.8 Å². The van der Waals surface area contributed by atoms with Crippen molar-refractivity contribution in [1.29, 1.82) is 0 Å². The summed E-state index contributed by atoms with van der Waals surface area (Å²) < 4.78 is 5.73. The second-order valence-electron chi connectivity index (χ2n) is 7.22. The topological polar surface area (TPSA) is 55.3 Å². The number of carbonyl (C=O) groups excluding carboxylic acids is 1. The molecule has 0 bridgehead atoms. The molecule has 3 heterocycles. The van der Waals surface area contributed by atoms with E-state index in [9.17, 15) is 4.79 Å². The molecule has 0 spiro atoms. The molecule has 2 aromatic heterocycles. The molecule has 28 heavy (non-hydrogen) atoms. The van der Waals surface area contributed by atoms with Crippen LogP contribution in [0, 0.1) is 6.92 Å². The van der Waals surface area contributed by atoms with Crippen molar-refractivity contribution in [2.45, 2.75) is 38.0 Å². The number of hydrogen-bond acceptors (Lipinski definition) is 6. The van der Waals surface area contributed by atoms with Crippen molar-refractivity contribution >= 4 is 39.2 Å². The smallest absolute Gasteiger partial charge is 0.233 e. The fraction of sp³-hybridized carbons (Fsp3) is 0.381. The Morgan fingerprint density at radius 3 is 2.64 bits per heavy atom. The fourth-order valence-corrected chi connectivity index (χ4v) is 5.40. The summed E-state index contributed by atoms with van der Waals surface area (Å²) in [6.45, 7) is 7.40. The molecule has 1 aromatic carbocycles. The van der Waals surface area contributed by atoms with Gasteiger partial charge in [-0.2, -0.15) is 0 Å². The lowest BCUT2D eigenvalue weighted by Crippen LogP contribution is -2.48. The first-order chi connectivity index (χ1) is 13.5. The highest BCUT2D eigenvalue weighted by Gasteiger charge is 2.26. The minimum absolute atomic E-state index is 0.0773. The molecule has 0 saturated carbocycles. The van der Waals surface area contributed by atoms with Gasteiger partial charge in [0.15, 0.2) is 0 Å².